The number of nitrogens with one attached hydrogen (secondary N) is 2. The third-order valence-corrected chi connectivity index (χ3v) is 3.69. The van der Waals surface area contributed by atoms with Crippen molar-refractivity contribution in [3.05, 3.63) is 28.2 Å². The number of halogens is 1. The quantitative estimate of drug-likeness (QED) is 0.764. The van der Waals surface area contributed by atoms with Crippen molar-refractivity contribution in [2.45, 2.75) is 12.5 Å². The highest BCUT2D eigenvalue weighted by Gasteiger charge is 2.30. The van der Waals surface area contributed by atoms with Crippen molar-refractivity contribution in [1.82, 2.24) is 10.2 Å². The van der Waals surface area contributed by atoms with Crippen molar-refractivity contribution >= 4 is 39.5 Å². The molecule has 0 bridgehead atoms. The van der Waals surface area contributed by atoms with Gasteiger partial charge in [-0.2, -0.15) is 0 Å². The average Bonchev–Trinajstić information content (AvgIpc) is 2.70. The summed E-state index contributed by atoms with van der Waals surface area (Å²) in [5.74, 6) is -1.30. The fourth-order valence-electron chi connectivity index (χ4n) is 2.08. The number of aromatic carboxylic acids is 1. The Bertz CT molecular complexity index is 605. The van der Waals surface area contributed by atoms with Crippen LogP contribution in [0.1, 0.15) is 16.8 Å². The normalized spacial score (nSPS) is 17.7. The summed E-state index contributed by atoms with van der Waals surface area (Å²) in [5, 5.41) is 14.1. The van der Waals surface area contributed by atoms with Crippen LogP contribution in [0, 0.1) is 0 Å². The van der Waals surface area contributed by atoms with E-state index in [1.807, 2.05) is 0 Å². The number of hydrogen-bond donors (Lipinski definition) is 3. The van der Waals surface area contributed by atoms with Gasteiger partial charge in [-0.1, -0.05) is 15.9 Å². The number of amides is 3. The number of nitrogens with zero attached hydrogens (tertiary/aromatic N) is 1. The second kappa shape index (κ2) is 6.13. The van der Waals surface area contributed by atoms with E-state index in [4.69, 9.17) is 5.11 Å². The maximum atomic E-state index is 11.9. The van der Waals surface area contributed by atoms with Gasteiger partial charge in [0.05, 0.1) is 11.3 Å². The first-order valence-electron chi connectivity index (χ1n) is 6.24. The van der Waals surface area contributed by atoms with Crippen LogP contribution in [0.25, 0.3) is 0 Å². The largest absolute Gasteiger partial charge is 0.478 e. The molecule has 0 spiro atoms. The molecule has 0 aromatic heterocycles. The topological polar surface area (TPSA) is 98.7 Å². The van der Waals surface area contributed by atoms with Crippen molar-refractivity contribution in [3.63, 3.8) is 0 Å². The number of carboxylic acid groups (broad SMARTS) is 1. The average molecular weight is 356 g/mol. The van der Waals surface area contributed by atoms with E-state index in [1.54, 1.807) is 13.1 Å². The van der Waals surface area contributed by atoms with Gasteiger partial charge in [-0.05, 0) is 24.6 Å². The first-order chi connectivity index (χ1) is 9.88. The first kappa shape index (κ1) is 15.3. The lowest BCUT2D eigenvalue weighted by atomic mass is 10.2. The minimum Gasteiger partial charge on any atom is -0.478 e. The van der Waals surface area contributed by atoms with Gasteiger partial charge >= 0.3 is 12.0 Å². The Morgan fingerprint density at radius 1 is 1.43 bits per heavy atom. The van der Waals surface area contributed by atoms with Crippen LogP contribution in [-0.2, 0) is 4.79 Å². The summed E-state index contributed by atoms with van der Waals surface area (Å²) in [6.45, 7) is 0.584. The van der Waals surface area contributed by atoms with Gasteiger partial charge in [0.15, 0.2) is 0 Å². The van der Waals surface area contributed by atoms with Crippen LogP contribution >= 0.6 is 15.9 Å². The van der Waals surface area contributed by atoms with Crippen molar-refractivity contribution < 1.29 is 19.5 Å². The Morgan fingerprint density at radius 3 is 2.71 bits per heavy atom. The number of carboxylic acids is 1. The smallest absolute Gasteiger partial charge is 0.337 e. The third-order valence-electron chi connectivity index (χ3n) is 3.19. The van der Waals surface area contributed by atoms with Crippen LogP contribution in [0.2, 0.25) is 0 Å². The Balaban J connectivity index is 2.08. The third kappa shape index (κ3) is 3.52. The van der Waals surface area contributed by atoms with Crippen LogP contribution in [0.4, 0.5) is 10.5 Å². The standard InChI is InChI=1S/C13H14BrN3O4/c1-17-5-4-9(11(17)18)15-13(21)16-10-6-7(14)2-3-8(10)12(19)20/h2-3,6,9H,4-5H2,1H3,(H,19,20)(H2,15,16,21). The van der Waals surface area contributed by atoms with E-state index in [-0.39, 0.29) is 17.2 Å². The SMILES string of the molecule is CN1CCC(NC(=O)Nc2cc(Br)ccc2C(=O)O)C1=O. The predicted octanol–water partition coefficient (Wildman–Crippen LogP) is 1.50. The molecule has 3 N–H and O–H groups in total. The van der Waals surface area contributed by atoms with Crippen molar-refractivity contribution in [1.29, 1.82) is 0 Å². The molecule has 8 heteroatoms. The molecule has 0 aliphatic carbocycles. The molecule has 0 saturated carbocycles. The van der Waals surface area contributed by atoms with E-state index in [0.717, 1.165) is 0 Å². The number of likely N-dealkylation sites (N-methyl/N-ethyl adjacent to an activating group) is 1. The van der Waals surface area contributed by atoms with Crippen LogP contribution in [0.15, 0.2) is 22.7 Å². The second-order valence-electron chi connectivity index (χ2n) is 4.69. The Morgan fingerprint density at radius 2 is 2.14 bits per heavy atom. The molecule has 0 radical (unpaired) electrons. The first-order valence-corrected chi connectivity index (χ1v) is 7.03. The molecular formula is C13H14BrN3O4. The molecule has 21 heavy (non-hydrogen) atoms. The van der Waals surface area contributed by atoms with E-state index < -0.39 is 18.0 Å². The zero-order valence-corrected chi connectivity index (χ0v) is 12.8. The van der Waals surface area contributed by atoms with Crippen LogP contribution in [-0.4, -0.2) is 47.5 Å². The predicted molar refractivity (Wildman–Crippen MR) is 79.3 cm³/mol. The van der Waals surface area contributed by atoms with Gasteiger partial charge in [-0.15, -0.1) is 0 Å². The summed E-state index contributed by atoms with van der Waals surface area (Å²) in [4.78, 5) is 36.3. The molecule has 112 valence electrons. The molecule has 1 aliphatic heterocycles. The molecule has 1 saturated heterocycles. The van der Waals surface area contributed by atoms with E-state index >= 15 is 0 Å². The molecule has 3 amide bonds. The van der Waals surface area contributed by atoms with E-state index in [1.165, 1.54) is 17.0 Å². The van der Waals surface area contributed by atoms with Gasteiger partial charge in [-0.25, -0.2) is 9.59 Å². The Kier molecular flexibility index (Phi) is 4.46. The zero-order valence-electron chi connectivity index (χ0n) is 11.2. The zero-order chi connectivity index (χ0) is 15.6. The summed E-state index contributed by atoms with van der Waals surface area (Å²) in [6, 6.07) is 3.27. The van der Waals surface area contributed by atoms with Crippen molar-refractivity contribution in [2.75, 3.05) is 18.9 Å². The number of anilines is 1. The molecule has 1 aliphatic rings. The van der Waals surface area contributed by atoms with Gasteiger partial charge in [0.25, 0.3) is 0 Å². The molecule has 1 atom stereocenters. The lowest BCUT2D eigenvalue weighted by Gasteiger charge is -2.14. The van der Waals surface area contributed by atoms with Gasteiger partial charge < -0.3 is 20.6 Å². The minimum absolute atomic E-state index is 0.0248. The highest BCUT2D eigenvalue weighted by Crippen LogP contribution is 2.21. The van der Waals surface area contributed by atoms with Crippen molar-refractivity contribution in [2.24, 2.45) is 0 Å². The van der Waals surface area contributed by atoms with E-state index in [2.05, 4.69) is 26.6 Å². The molecule has 2 rings (SSSR count). The second-order valence-corrected chi connectivity index (χ2v) is 5.61. The monoisotopic (exact) mass is 355 g/mol. The molecule has 1 aromatic carbocycles. The minimum atomic E-state index is -1.14. The molecule has 7 nitrogen and oxygen atoms in total. The van der Waals surface area contributed by atoms with Crippen LogP contribution in [0.5, 0.6) is 0 Å². The summed E-state index contributed by atoms with van der Waals surface area (Å²) in [5.41, 5.74) is 0.136. The number of carbonyl (C=O) groups excluding carboxylic acids is 2. The number of benzene rings is 1. The highest BCUT2D eigenvalue weighted by molar-refractivity contribution is 9.10. The molecule has 1 fully saturated rings. The number of likely N-dealkylation sites (tertiary alicyclic amines) is 1. The summed E-state index contributed by atoms with van der Waals surface area (Å²) in [7, 11) is 1.67. The maximum absolute atomic E-state index is 11.9. The fraction of sp³-hybridized carbons (Fsp3) is 0.308. The summed E-state index contributed by atoms with van der Waals surface area (Å²) < 4.78 is 0.638. The van der Waals surface area contributed by atoms with Crippen LogP contribution in [0.3, 0.4) is 0 Å². The lowest BCUT2D eigenvalue weighted by molar-refractivity contribution is -0.128. The Hall–Kier alpha value is -2.09. The van der Waals surface area contributed by atoms with Gasteiger partial charge in [0, 0.05) is 18.1 Å². The van der Waals surface area contributed by atoms with Gasteiger partial charge in [0.1, 0.15) is 6.04 Å². The fourth-order valence-corrected chi connectivity index (χ4v) is 2.44. The Labute approximate surface area is 129 Å². The lowest BCUT2D eigenvalue weighted by Crippen LogP contribution is -2.42. The number of rotatable bonds is 3. The number of urea groups is 1. The molecule has 1 aromatic rings. The molecular weight excluding hydrogens is 342 g/mol. The van der Waals surface area contributed by atoms with Crippen LogP contribution < -0.4 is 10.6 Å². The van der Waals surface area contributed by atoms with E-state index in [0.29, 0.717) is 17.4 Å². The van der Waals surface area contributed by atoms with Crippen molar-refractivity contribution in [3.8, 4) is 0 Å². The van der Waals surface area contributed by atoms with E-state index in [9.17, 15) is 14.4 Å². The molecule has 1 unspecified atom stereocenters. The van der Waals surface area contributed by atoms with Gasteiger partial charge in [0.2, 0.25) is 5.91 Å². The summed E-state index contributed by atoms with van der Waals surface area (Å²) >= 11 is 3.22. The summed E-state index contributed by atoms with van der Waals surface area (Å²) in [6.07, 6.45) is 0.535. The number of hydrogen-bond acceptors (Lipinski definition) is 3. The van der Waals surface area contributed by atoms with Gasteiger partial charge in [-0.3, -0.25) is 4.79 Å². The number of carbonyl (C=O) groups is 3. The maximum Gasteiger partial charge on any atom is 0.337 e. The highest BCUT2D eigenvalue weighted by atomic mass is 79.9. The molecule has 1 heterocycles.